The van der Waals surface area contributed by atoms with Gasteiger partial charge < -0.3 is 14.1 Å². The number of aryl methyl sites for hydroxylation is 4. The molecule has 0 N–H and O–H groups in total. The van der Waals surface area contributed by atoms with Crippen molar-refractivity contribution in [3.05, 3.63) is 34.1 Å². The fraction of sp³-hybridized carbons (Fsp3) is 0.500. The molecule has 3 aromatic rings. The molecular formula is C20H24N4O3S. The fourth-order valence-electron chi connectivity index (χ4n) is 3.58. The van der Waals surface area contributed by atoms with E-state index in [1.165, 1.54) is 10.4 Å². The molecule has 4 rings (SSSR count). The van der Waals surface area contributed by atoms with Gasteiger partial charge in [-0.3, -0.25) is 4.79 Å². The number of rotatable bonds is 4. The topological polar surface area (TPSA) is 81.4 Å². The maximum Gasteiger partial charge on any atom is 0.309 e. The smallest absolute Gasteiger partial charge is 0.309 e. The monoisotopic (exact) mass is 400 g/mol. The molecule has 4 heterocycles. The average molecular weight is 401 g/mol. The van der Waals surface area contributed by atoms with Crippen LogP contribution < -0.4 is 4.90 Å². The summed E-state index contributed by atoms with van der Waals surface area (Å²) in [5.74, 6) is 1.91. The van der Waals surface area contributed by atoms with Crippen LogP contribution in [0.15, 0.2) is 10.7 Å². The number of carbonyl (C=O) groups is 1. The van der Waals surface area contributed by atoms with Crippen LogP contribution in [0.2, 0.25) is 0 Å². The van der Waals surface area contributed by atoms with Gasteiger partial charge >= 0.3 is 5.97 Å². The number of piperidine rings is 1. The van der Waals surface area contributed by atoms with Crippen LogP contribution in [0.25, 0.3) is 10.2 Å². The van der Waals surface area contributed by atoms with Gasteiger partial charge in [-0.2, -0.15) is 0 Å². The lowest BCUT2D eigenvalue weighted by atomic mass is 9.97. The van der Waals surface area contributed by atoms with Gasteiger partial charge in [0.25, 0.3) is 0 Å². The SMILES string of the molecule is Cc1nc(COC(=O)C2CCN(c3ncnc4sc(C)c(C)c34)CC2)oc1C. The number of hydrogen-bond donors (Lipinski definition) is 0. The Morgan fingerprint density at radius 2 is 2.00 bits per heavy atom. The number of aromatic nitrogens is 3. The maximum absolute atomic E-state index is 12.4. The number of oxazole rings is 1. The molecule has 0 spiro atoms. The number of thiophene rings is 1. The summed E-state index contributed by atoms with van der Waals surface area (Å²) in [6, 6.07) is 0. The molecule has 0 unspecified atom stereocenters. The molecule has 0 aromatic carbocycles. The molecule has 8 heteroatoms. The second-order valence-corrected chi connectivity index (χ2v) is 8.48. The van der Waals surface area contributed by atoms with Crippen molar-refractivity contribution >= 4 is 33.3 Å². The van der Waals surface area contributed by atoms with Gasteiger partial charge in [0.1, 0.15) is 22.7 Å². The molecule has 1 fully saturated rings. The molecule has 148 valence electrons. The highest BCUT2D eigenvalue weighted by Crippen LogP contribution is 2.35. The standard InChI is InChI=1S/C20H24N4O3S/c1-11-14(4)28-19-17(11)18(21-10-22-19)24-7-5-15(6-8-24)20(25)26-9-16-23-12(2)13(3)27-16/h10,15H,5-9H2,1-4H3. The molecule has 0 amide bonds. The minimum Gasteiger partial charge on any atom is -0.455 e. The van der Waals surface area contributed by atoms with E-state index in [2.05, 4.69) is 33.7 Å². The third-order valence-electron chi connectivity index (χ3n) is 5.48. The van der Waals surface area contributed by atoms with Gasteiger partial charge in [-0.1, -0.05) is 0 Å². The van der Waals surface area contributed by atoms with Crippen molar-refractivity contribution in [2.75, 3.05) is 18.0 Å². The van der Waals surface area contributed by atoms with Gasteiger partial charge in [-0.05, 0) is 46.1 Å². The van der Waals surface area contributed by atoms with Gasteiger partial charge in [0.2, 0.25) is 5.89 Å². The van der Waals surface area contributed by atoms with Gasteiger partial charge in [-0.25, -0.2) is 15.0 Å². The zero-order valence-corrected chi connectivity index (χ0v) is 17.4. The zero-order valence-electron chi connectivity index (χ0n) is 16.6. The van der Waals surface area contributed by atoms with Crippen LogP contribution in [0.5, 0.6) is 0 Å². The molecule has 1 aliphatic rings. The predicted octanol–water partition coefficient (Wildman–Crippen LogP) is 3.87. The van der Waals surface area contributed by atoms with Crippen LogP contribution >= 0.6 is 11.3 Å². The van der Waals surface area contributed by atoms with Gasteiger partial charge in [0.05, 0.1) is 17.0 Å². The van der Waals surface area contributed by atoms with E-state index in [-0.39, 0.29) is 18.5 Å². The minimum absolute atomic E-state index is 0.0909. The van der Waals surface area contributed by atoms with E-state index in [9.17, 15) is 4.79 Å². The summed E-state index contributed by atoms with van der Waals surface area (Å²) in [7, 11) is 0. The molecule has 1 saturated heterocycles. The molecular weight excluding hydrogens is 376 g/mol. The predicted molar refractivity (Wildman–Crippen MR) is 108 cm³/mol. The molecule has 28 heavy (non-hydrogen) atoms. The molecule has 1 aliphatic heterocycles. The average Bonchev–Trinajstić information content (AvgIpc) is 3.18. The number of anilines is 1. The number of nitrogens with zero attached hydrogens (tertiary/aromatic N) is 4. The summed E-state index contributed by atoms with van der Waals surface area (Å²) in [5.41, 5.74) is 2.07. The highest BCUT2D eigenvalue weighted by molar-refractivity contribution is 7.18. The van der Waals surface area contributed by atoms with Crippen molar-refractivity contribution in [2.45, 2.75) is 47.1 Å². The summed E-state index contributed by atoms with van der Waals surface area (Å²) in [6.45, 7) is 9.61. The van der Waals surface area contributed by atoms with E-state index in [0.29, 0.717) is 5.89 Å². The van der Waals surface area contributed by atoms with Crippen LogP contribution in [0.1, 0.15) is 40.6 Å². The van der Waals surface area contributed by atoms with Gasteiger partial charge in [0, 0.05) is 18.0 Å². The van der Waals surface area contributed by atoms with Crippen molar-refractivity contribution in [3.8, 4) is 0 Å². The summed E-state index contributed by atoms with van der Waals surface area (Å²) in [6.07, 6.45) is 3.13. The summed E-state index contributed by atoms with van der Waals surface area (Å²) in [5, 5.41) is 1.14. The van der Waals surface area contributed by atoms with Gasteiger partial charge in [-0.15, -0.1) is 11.3 Å². The van der Waals surface area contributed by atoms with Crippen molar-refractivity contribution < 1.29 is 13.9 Å². The summed E-state index contributed by atoms with van der Waals surface area (Å²) in [4.78, 5) is 30.2. The summed E-state index contributed by atoms with van der Waals surface area (Å²) >= 11 is 1.70. The van der Waals surface area contributed by atoms with E-state index >= 15 is 0 Å². The third kappa shape index (κ3) is 3.48. The Morgan fingerprint density at radius 1 is 1.25 bits per heavy atom. The van der Waals surface area contributed by atoms with Crippen molar-refractivity contribution in [3.63, 3.8) is 0 Å². The molecule has 0 atom stereocenters. The second kappa shape index (κ2) is 7.50. The van der Waals surface area contributed by atoms with Crippen molar-refractivity contribution in [2.24, 2.45) is 5.92 Å². The van der Waals surface area contributed by atoms with Crippen LogP contribution in [-0.4, -0.2) is 34.0 Å². The first-order valence-corrected chi connectivity index (χ1v) is 10.3. The van der Waals surface area contributed by atoms with Crippen molar-refractivity contribution in [1.82, 2.24) is 15.0 Å². The normalized spacial score (nSPS) is 15.4. The van der Waals surface area contributed by atoms with Crippen LogP contribution in [0, 0.1) is 33.6 Å². The van der Waals surface area contributed by atoms with E-state index in [0.717, 1.165) is 53.4 Å². The van der Waals surface area contributed by atoms with E-state index < -0.39 is 0 Å². The van der Waals surface area contributed by atoms with E-state index in [1.54, 1.807) is 17.7 Å². The lowest BCUT2D eigenvalue weighted by Crippen LogP contribution is -2.37. The fourth-order valence-corrected chi connectivity index (χ4v) is 4.57. The van der Waals surface area contributed by atoms with E-state index in [4.69, 9.17) is 9.15 Å². The Hall–Kier alpha value is -2.48. The number of esters is 1. The van der Waals surface area contributed by atoms with Crippen LogP contribution in [-0.2, 0) is 16.1 Å². The van der Waals surface area contributed by atoms with Crippen molar-refractivity contribution in [1.29, 1.82) is 0 Å². The molecule has 3 aromatic heterocycles. The second-order valence-electron chi connectivity index (χ2n) is 7.28. The number of hydrogen-bond acceptors (Lipinski definition) is 8. The van der Waals surface area contributed by atoms with E-state index in [1.807, 2.05) is 13.8 Å². The minimum atomic E-state index is -0.177. The Kier molecular flexibility index (Phi) is 5.05. The highest BCUT2D eigenvalue weighted by atomic mass is 32.1. The Morgan fingerprint density at radius 3 is 2.68 bits per heavy atom. The number of fused-ring (bicyclic) bond motifs is 1. The first-order chi connectivity index (χ1) is 13.4. The summed E-state index contributed by atoms with van der Waals surface area (Å²) < 4.78 is 10.9. The van der Waals surface area contributed by atoms with Gasteiger partial charge in [0.15, 0.2) is 6.61 Å². The first kappa shape index (κ1) is 18.9. The highest BCUT2D eigenvalue weighted by Gasteiger charge is 2.28. The molecule has 0 aliphatic carbocycles. The lowest BCUT2D eigenvalue weighted by molar-refractivity contribution is -0.151. The van der Waals surface area contributed by atoms with Crippen LogP contribution in [0.4, 0.5) is 5.82 Å². The molecule has 7 nitrogen and oxygen atoms in total. The lowest BCUT2D eigenvalue weighted by Gasteiger charge is -2.32. The Balaban J connectivity index is 1.39. The van der Waals surface area contributed by atoms with Crippen LogP contribution in [0.3, 0.4) is 0 Å². The Bertz CT molecular complexity index is 999. The molecule has 0 bridgehead atoms. The third-order valence-corrected chi connectivity index (χ3v) is 6.60. The number of ether oxygens (including phenoxy) is 1. The molecule has 0 saturated carbocycles. The number of carbonyl (C=O) groups excluding carboxylic acids is 1. The maximum atomic E-state index is 12.4. The first-order valence-electron chi connectivity index (χ1n) is 9.49. The Labute approximate surface area is 167 Å². The quantitative estimate of drug-likeness (QED) is 0.615. The largest absolute Gasteiger partial charge is 0.455 e. The zero-order chi connectivity index (χ0) is 19.8. The molecule has 0 radical (unpaired) electrons.